The molecular formula is C14H15ClN2O4. The smallest absolute Gasteiger partial charge is 0.293 e. The van der Waals surface area contributed by atoms with Gasteiger partial charge in [-0.3, -0.25) is 4.79 Å². The van der Waals surface area contributed by atoms with E-state index in [2.05, 4.69) is 14.7 Å². The average Bonchev–Trinajstić information content (AvgIpc) is 2.46. The number of nitrogens with zero attached hydrogens (tertiary/aromatic N) is 2. The molecule has 21 heavy (non-hydrogen) atoms. The van der Waals surface area contributed by atoms with E-state index in [0.29, 0.717) is 59.5 Å². The van der Waals surface area contributed by atoms with Crippen molar-refractivity contribution in [3.63, 3.8) is 0 Å². The summed E-state index contributed by atoms with van der Waals surface area (Å²) in [7, 11) is 1.55. The number of aryl methyl sites for hydroxylation is 1. The fraction of sp³-hybridized carbons (Fsp3) is 0.357. The highest BCUT2D eigenvalue weighted by atomic mass is 35.5. The lowest BCUT2D eigenvalue weighted by atomic mass is 10.2. The zero-order chi connectivity index (χ0) is 15.2. The summed E-state index contributed by atoms with van der Waals surface area (Å²) in [4.78, 5) is 18.5. The van der Waals surface area contributed by atoms with Crippen molar-refractivity contribution in [2.75, 3.05) is 20.3 Å². The van der Waals surface area contributed by atoms with E-state index in [9.17, 15) is 4.79 Å². The molecule has 0 aliphatic carbocycles. The lowest BCUT2D eigenvalue weighted by Gasteiger charge is -2.12. The van der Waals surface area contributed by atoms with Crippen LogP contribution in [0, 0.1) is 6.92 Å². The van der Waals surface area contributed by atoms with Crippen molar-refractivity contribution >= 4 is 29.0 Å². The summed E-state index contributed by atoms with van der Waals surface area (Å²) < 4.78 is 15.5. The summed E-state index contributed by atoms with van der Waals surface area (Å²) in [6.45, 7) is 2.89. The maximum atomic E-state index is 10.0. The lowest BCUT2D eigenvalue weighted by Crippen LogP contribution is -2.04. The Bertz CT molecular complexity index is 648. The number of hydrogen-bond acceptors (Lipinski definition) is 6. The predicted octanol–water partition coefficient (Wildman–Crippen LogP) is 2.54. The summed E-state index contributed by atoms with van der Waals surface area (Å²) in [5, 5.41) is 1.08. The Balaban J connectivity index is 2.23. The molecule has 0 atom stereocenters. The van der Waals surface area contributed by atoms with Gasteiger partial charge in [-0.05, 0) is 13.0 Å². The molecule has 0 bridgehead atoms. The van der Waals surface area contributed by atoms with Gasteiger partial charge in [0.2, 0.25) is 0 Å². The lowest BCUT2D eigenvalue weighted by molar-refractivity contribution is -0.128. The van der Waals surface area contributed by atoms with E-state index >= 15 is 0 Å². The molecule has 7 heteroatoms. The summed E-state index contributed by atoms with van der Waals surface area (Å²) in [5.74, 6) is 1.70. The predicted molar refractivity (Wildman–Crippen MR) is 78.0 cm³/mol. The monoisotopic (exact) mass is 310 g/mol. The number of fused-ring (bicyclic) bond motifs is 1. The van der Waals surface area contributed by atoms with Crippen LogP contribution in [0.3, 0.4) is 0 Å². The number of halogens is 1. The first kappa shape index (κ1) is 15.3. The highest BCUT2D eigenvalue weighted by molar-refractivity contribution is 6.34. The largest absolute Gasteiger partial charge is 0.493 e. The van der Waals surface area contributed by atoms with Gasteiger partial charge in [0, 0.05) is 17.9 Å². The van der Waals surface area contributed by atoms with Crippen LogP contribution in [0.25, 0.3) is 10.9 Å². The van der Waals surface area contributed by atoms with Gasteiger partial charge >= 0.3 is 0 Å². The van der Waals surface area contributed by atoms with Crippen molar-refractivity contribution in [3.8, 4) is 11.5 Å². The van der Waals surface area contributed by atoms with Crippen molar-refractivity contribution in [3.05, 3.63) is 23.1 Å². The molecule has 6 nitrogen and oxygen atoms in total. The second-order valence-corrected chi connectivity index (χ2v) is 4.61. The van der Waals surface area contributed by atoms with E-state index in [-0.39, 0.29) is 0 Å². The summed E-state index contributed by atoms with van der Waals surface area (Å²) in [6, 6.07) is 3.50. The quantitative estimate of drug-likeness (QED) is 0.444. The van der Waals surface area contributed by atoms with Crippen molar-refractivity contribution in [2.45, 2.75) is 13.3 Å². The van der Waals surface area contributed by atoms with Crippen LogP contribution < -0.4 is 9.47 Å². The second kappa shape index (κ2) is 7.08. The van der Waals surface area contributed by atoms with Crippen LogP contribution in [-0.2, 0) is 9.53 Å². The van der Waals surface area contributed by atoms with Gasteiger partial charge in [-0.15, -0.1) is 0 Å². The molecule has 0 fully saturated rings. The van der Waals surface area contributed by atoms with E-state index in [1.54, 1.807) is 26.2 Å². The number of carbonyl (C=O) groups excluding carboxylic acids is 1. The normalized spacial score (nSPS) is 10.4. The molecule has 1 heterocycles. The van der Waals surface area contributed by atoms with Gasteiger partial charge in [0.1, 0.15) is 11.0 Å². The maximum Gasteiger partial charge on any atom is 0.293 e. The van der Waals surface area contributed by atoms with Gasteiger partial charge in [-0.2, -0.15) is 0 Å². The molecule has 112 valence electrons. The standard InChI is InChI=1S/C14H15ClN2O4/c1-9-16-11-7-13(21-5-3-4-20-8-18)12(19-2)6-10(11)14(15)17-9/h6-8H,3-5H2,1-2H3. The van der Waals surface area contributed by atoms with Crippen LogP contribution in [-0.4, -0.2) is 36.8 Å². The molecular weight excluding hydrogens is 296 g/mol. The number of methoxy groups -OCH3 is 1. The Morgan fingerprint density at radius 2 is 2.05 bits per heavy atom. The number of hydrogen-bond donors (Lipinski definition) is 0. The van der Waals surface area contributed by atoms with E-state index in [1.807, 2.05) is 0 Å². The Kier molecular flexibility index (Phi) is 5.16. The van der Waals surface area contributed by atoms with Crippen molar-refractivity contribution in [2.24, 2.45) is 0 Å². The van der Waals surface area contributed by atoms with Crippen molar-refractivity contribution < 1.29 is 19.0 Å². The van der Waals surface area contributed by atoms with Gasteiger partial charge < -0.3 is 14.2 Å². The van der Waals surface area contributed by atoms with Crippen LogP contribution in [0.4, 0.5) is 0 Å². The van der Waals surface area contributed by atoms with Gasteiger partial charge in [-0.1, -0.05) is 11.6 Å². The fourth-order valence-electron chi connectivity index (χ4n) is 1.85. The molecule has 0 saturated heterocycles. The summed E-state index contributed by atoms with van der Waals surface area (Å²) in [5.41, 5.74) is 0.687. The minimum atomic E-state index is 0.312. The molecule has 1 aromatic heterocycles. The van der Waals surface area contributed by atoms with E-state index in [1.165, 1.54) is 0 Å². The average molecular weight is 311 g/mol. The van der Waals surface area contributed by atoms with Crippen LogP contribution in [0.1, 0.15) is 12.2 Å². The zero-order valence-electron chi connectivity index (χ0n) is 11.8. The second-order valence-electron chi connectivity index (χ2n) is 4.25. The first-order chi connectivity index (χ1) is 10.2. The highest BCUT2D eigenvalue weighted by Crippen LogP contribution is 2.34. The summed E-state index contributed by atoms with van der Waals surface area (Å²) >= 11 is 6.11. The highest BCUT2D eigenvalue weighted by Gasteiger charge is 2.11. The molecule has 2 rings (SSSR count). The van der Waals surface area contributed by atoms with Gasteiger partial charge in [0.25, 0.3) is 6.47 Å². The Hall–Kier alpha value is -2.08. The van der Waals surface area contributed by atoms with Crippen molar-refractivity contribution in [1.82, 2.24) is 9.97 Å². The van der Waals surface area contributed by atoms with Crippen LogP contribution in [0.15, 0.2) is 12.1 Å². The fourth-order valence-corrected chi connectivity index (χ4v) is 2.13. The van der Waals surface area contributed by atoms with Crippen LogP contribution >= 0.6 is 11.6 Å². The molecule has 0 aliphatic heterocycles. The van der Waals surface area contributed by atoms with E-state index in [0.717, 1.165) is 0 Å². The Morgan fingerprint density at radius 1 is 1.24 bits per heavy atom. The van der Waals surface area contributed by atoms with Gasteiger partial charge in [-0.25, -0.2) is 9.97 Å². The molecule has 0 unspecified atom stereocenters. The molecule has 0 N–H and O–H groups in total. The number of ether oxygens (including phenoxy) is 3. The minimum Gasteiger partial charge on any atom is -0.493 e. The third-order valence-corrected chi connectivity index (χ3v) is 3.07. The molecule has 0 radical (unpaired) electrons. The summed E-state index contributed by atoms with van der Waals surface area (Å²) in [6.07, 6.45) is 0.587. The molecule has 1 aromatic carbocycles. The van der Waals surface area contributed by atoms with Gasteiger partial charge in [0.05, 0.1) is 25.8 Å². The van der Waals surface area contributed by atoms with Crippen molar-refractivity contribution in [1.29, 1.82) is 0 Å². The van der Waals surface area contributed by atoms with E-state index in [4.69, 9.17) is 21.1 Å². The van der Waals surface area contributed by atoms with Crippen LogP contribution in [0.2, 0.25) is 5.15 Å². The zero-order valence-corrected chi connectivity index (χ0v) is 12.5. The molecule has 0 amide bonds. The molecule has 0 aliphatic rings. The third kappa shape index (κ3) is 3.72. The number of aromatic nitrogens is 2. The number of carbonyl (C=O) groups is 1. The third-order valence-electron chi connectivity index (χ3n) is 2.78. The molecule has 0 spiro atoms. The Labute approximate surface area is 127 Å². The van der Waals surface area contributed by atoms with Gasteiger partial charge in [0.15, 0.2) is 11.5 Å². The first-order valence-corrected chi connectivity index (χ1v) is 6.73. The molecule has 2 aromatic rings. The Morgan fingerprint density at radius 3 is 2.76 bits per heavy atom. The van der Waals surface area contributed by atoms with Crippen LogP contribution in [0.5, 0.6) is 11.5 Å². The number of benzene rings is 1. The van der Waals surface area contributed by atoms with E-state index < -0.39 is 0 Å². The minimum absolute atomic E-state index is 0.312. The maximum absolute atomic E-state index is 10.0. The molecule has 0 saturated carbocycles. The first-order valence-electron chi connectivity index (χ1n) is 6.35. The number of rotatable bonds is 7. The SMILES string of the molecule is COc1cc2c(Cl)nc(C)nc2cc1OCCCOC=O. The topological polar surface area (TPSA) is 70.5 Å².